The molecule has 1 fully saturated rings. The second-order valence-electron chi connectivity index (χ2n) is 5.47. The average Bonchev–Trinajstić information content (AvgIpc) is 2.78. The van der Waals surface area contributed by atoms with Gasteiger partial charge in [0.15, 0.2) is 6.61 Å². The number of anilines is 1. The van der Waals surface area contributed by atoms with Gasteiger partial charge in [-0.2, -0.15) is 0 Å². The van der Waals surface area contributed by atoms with E-state index in [0.717, 1.165) is 13.1 Å². The average molecular weight is 292 g/mol. The van der Waals surface area contributed by atoms with Crippen LogP contribution in [0.1, 0.15) is 13.8 Å². The van der Waals surface area contributed by atoms with Crippen molar-refractivity contribution in [2.75, 3.05) is 25.0 Å². The van der Waals surface area contributed by atoms with Crippen molar-refractivity contribution >= 4 is 17.7 Å². The lowest BCUT2D eigenvalue weighted by Gasteiger charge is -2.18. The van der Waals surface area contributed by atoms with E-state index in [1.54, 1.807) is 29.2 Å². The molecule has 0 radical (unpaired) electrons. The molecule has 2 rings (SSSR count). The number of para-hydroxylation sites is 2. The first-order chi connectivity index (χ1) is 9.97. The van der Waals surface area contributed by atoms with E-state index in [1.165, 1.54) is 0 Å². The summed E-state index contributed by atoms with van der Waals surface area (Å²) >= 11 is 0. The summed E-state index contributed by atoms with van der Waals surface area (Å²) < 4.78 is 5.17. The number of ether oxygens (including phenoxy) is 1. The largest absolute Gasteiger partial charge is 0.480 e. The van der Waals surface area contributed by atoms with Gasteiger partial charge >= 0.3 is 12.0 Å². The van der Waals surface area contributed by atoms with Crippen molar-refractivity contribution in [1.29, 1.82) is 0 Å². The number of benzene rings is 1. The van der Waals surface area contributed by atoms with Crippen LogP contribution in [0.5, 0.6) is 5.75 Å². The smallest absolute Gasteiger partial charge is 0.341 e. The maximum Gasteiger partial charge on any atom is 0.341 e. The fraction of sp³-hybridized carbons (Fsp3) is 0.467. The summed E-state index contributed by atoms with van der Waals surface area (Å²) in [7, 11) is 0. The van der Waals surface area contributed by atoms with Crippen LogP contribution in [0.3, 0.4) is 0 Å². The Morgan fingerprint density at radius 1 is 1.29 bits per heavy atom. The summed E-state index contributed by atoms with van der Waals surface area (Å²) in [5.74, 6) is 0.260. The zero-order chi connectivity index (χ0) is 15.4. The van der Waals surface area contributed by atoms with Crippen LogP contribution in [-0.2, 0) is 4.79 Å². The molecule has 1 aromatic carbocycles. The van der Waals surface area contributed by atoms with Crippen LogP contribution in [0.15, 0.2) is 24.3 Å². The van der Waals surface area contributed by atoms with Crippen LogP contribution < -0.4 is 10.1 Å². The van der Waals surface area contributed by atoms with Gasteiger partial charge in [0.25, 0.3) is 0 Å². The van der Waals surface area contributed by atoms with Crippen LogP contribution in [0.25, 0.3) is 0 Å². The highest BCUT2D eigenvalue weighted by atomic mass is 16.5. The van der Waals surface area contributed by atoms with Crippen molar-refractivity contribution in [2.24, 2.45) is 11.8 Å². The van der Waals surface area contributed by atoms with Gasteiger partial charge in [0.05, 0.1) is 5.69 Å². The van der Waals surface area contributed by atoms with Crippen molar-refractivity contribution in [1.82, 2.24) is 4.90 Å². The van der Waals surface area contributed by atoms with Gasteiger partial charge in [0.2, 0.25) is 0 Å². The number of hydrogen-bond donors (Lipinski definition) is 2. The molecule has 0 bridgehead atoms. The molecule has 1 heterocycles. The second kappa shape index (κ2) is 6.47. The Kier molecular flexibility index (Phi) is 4.67. The highest BCUT2D eigenvalue weighted by Crippen LogP contribution is 2.26. The third-order valence-electron chi connectivity index (χ3n) is 3.76. The topological polar surface area (TPSA) is 78.9 Å². The maximum atomic E-state index is 12.2. The summed E-state index contributed by atoms with van der Waals surface area (Å²) in [5.41, 5.74) is 0.482. The number of carboxylic acid groups (broad SMARTS) is 1. The summed E-state index contributed by atoms with van der Waals surface area (Å²) in [4.78, 5) is 24.6. The van der Waals surface area contributed by atoms with E-state index < -0.39 is 12.6 Å². The standard InChI is InChI=1S/C15H20N2O4/c1-10-7-17(8-11(10)2)15(20)16-12-5-3-4-6-13(12)21-9-14(18)19/h3-6,10-11H,7-9H2,1-2H3,(H,16,20)(H,18,19). The third kappa shape index (κ3) is 3.87. The fourth-order valence-corrected chi connectivity index (χ4v) is 2.33. The minimum absolute atomic E-state index is 0.183. The molecule has 0 aliphatic carbocycles. The molecule has 21 heavy (non-hydrogen) atoms. The van der Waals surface area contributed by atoms with Gasteiger partial charge in [0.1, 0.15) is 5.75 Å². The second-order valence-corrected chi connectivity index (χ2v) is 5.47. The highest BCUT2D eigenvalue weighted by Gasteiger charge is 2.29. The van der Waals surface area contributed by atoms with Gasteiger partial charge in [-0.3, -0.25) is 0 Å². The number of carboxylic acids is 1. The number of amides is 2. The molecular formula is C15H20N2O4. The number of nitrogens with one attached hydrogen (secondary N) is 1. The number of hydrogen-bond acceptors (Lipinski definition) is 3. The first-order valence-electron chi connectivity index (χ1n) is 6.97. The summed E-state index contributed by atoms with van der Waals surface area (Å²) in [6.07, 6.45) is 0. The number of urea groups is 1. The van der Waals surface area contributed by atoms with Gasteiger partial charge in [-0.05, 0) is 24.0 Å². The quantitative estimate of drug-likeness (QED) is 0.892. The Bertz CT molecular complexity index is 522. The maximum absolute atomic E-state index is 12.2. The number of carbonyl (C=O) groups is 2. The van der Waals surface area contributed by atoms with Crippen molar-refractivity contribution in [2.45, 2.75) is 13.8 Å². The van der Waals surface area contributed by atoms with E-state index in [1.807, 2.05) is 0 Å². The third-order valence-corrected chi connectivity index (χ3v) is 3.76. The molecule has 1 aromatic rings. The molecule has 0 aromatic heterocycles. The van der Waals surface area contributed by atoms with Crippen molar-refractivity contribution in [3.63, 3.8) is 0 Å². The molecule has 6 heteroatoms. The lowest BCUT2D eigenvalue weighted by Crippen LogP contribution is -2.33. The van der Waals surface area contributed by atoms with Gasteiger partial charge in [-0.25, -0.2) is 9.59 Å². The number of carbonyl (C=O) groups excluding carboxylic acids is 1. The lowest BCUT2D eigenvalue weighted by atomic mass is 10.0. The van der Waals surface area contributed by atoms with Crippen molar-refractivity contribution in [3.8, 4) is 5.75 Å². The molecule has 0 saturated carbocycles. The Morgan fingerprint density at radius 3 is 2.52 bits per heavy atom. The lowest BCUT2D eigenvalue weighted by molar-refractivity contribution is -0.139. The van der Waals surface area contributed by atoms with Crippen LogP contribution in [0, 0.1) is 11.8 Å². The zero-order valence-electron chi connectivity index (χ0n) is 12.2. The predicted octanol–water partition coefficient (Wildman–Crippen LogP) is 2.27. The number of rotatable bonds is 4. The Morgan fingerprint density at radius 2 is 1.90 bits per heavy atom. The van der Waals surface area contributed by atoms with Crippen LogP contribution in [0.2, 0.25) is 0 Å². The molecule has 114 valence electrons. The summed E-state index contributed by atoms with van der Waals surface area (Å²) in [6.45, 7) is 5.27. The Balaban J connectivity index is 2.02. The predicted molar refractivity (Wildman–Crippen MR) is 78.5 cm³/mol. The number of aliphatic carboxylic acids is 1. The fourth-order valence-electron chi connectivity index (χ4n) is 2.33. The SMILES string of the molecule is CC1CN(C(=O)Nc2ccccc2OCC(=O)O)CC1C. The van der Waals surface area contributed by atoms with E-state index in [2.05, 4.69) is 19.2 Å². The molecule has 1 saturated heterocycles. The Labute approximate surface area is 123 Å². The normalized spacial score (nSPS) is 21.1. The van der Waals surface area contributed by atoms with Crippen LogP contribution >= 0.6 is 0 Å². The highest BCUT2D eigenvalue weighted by molar-refractivity contribution is 5.91. The van der Waals surface area contributed by atoms with E-state index in [-0.39, 0.29) is 6.03 Å². The molecule has 0 spiro atoms. The van der Waals surface area contributed by atoms with Gasteiger partial charge < -0.3 is 20.1 Å². The molecule has 6 nitrogen and oxygen atoms in total. The van der Waals surface area contributed by atoms with Crippen LogP contribution in [-0.4, -0.2) is 41.7 Å². The molecule has 2 amide bonds. The first-order valence-corrected chi connectivity index (χ1v) is 6.97. The van der Waals surface area contributed by atoms with Crippen molar-refractivity contribution in [3.05, 3.63) is 24.3 Å². The van der Waals surface area contributed by atoms with Gasteiger partial charge in [0, 0.05) is 13.1 Å². The zero-order valence-corrected chi connectivity index (χ0v) is 12.2. The summed E-state index contributed by atoms with van der Waals surface area (Å²) in [6, 6.07) is 6.63. The minimum Gasteiger partial charge on any atom is -0.480 e. The number of nitrogens with zero attached hydrogens (tertiary/aromatic N) is 1. The molecule has 2 N–H and O–H groups in total. The van der Waals surface area contributed by atoms with E-state index in [0.29, 0.717) is 23.3 Å². The van der Waals surface area contributed by atoms with E-state index in [4.69, 9.17) is 9.84 Å². The van der Waals surface area contributed by atoms with E-state index >= 15 is 0 Å². The Hall–Kier alpha value is -2.24. The number of likely N-dealkylation sites (tertiary alicyclic amines) is 1. The molecule has 2 atom stereocenters. The summed E-state index contributed by atoms with van der Waals surface area (Å²) in [5, 5.41) is 11.4. The first kappa shape index (κ1) is 15.2. The van der Waals surface area contributed by atoms with Gasteiger partial charge in [-0.1, -0.05) is 26.0 Å². The molecule has 1 aliphatic heterocycles. The monoisotopic (exact) mass is 292 g/mol. The van der Waals surface area contributed by atoms with Crippen LogP contribution in [0.4, 0.5) is 10.5 Å². The minimum atomic E-state index is -1.06. The molecule has 1 aliphatic rings. The van der Waals surface area contributed by atoms with Gasteiger partial charge in [-0.15, -0.1) is 0 Å². The van der Waals surface area contributed by atoms with E-state index in [9.17, 15) is 9.59 Å². The molecule has 2 unspecified atom stereocenters. The molecular weight excluding hydrogens is 272 g/mol. The van der Waals surface area contributed by atoms with Crippen molar-refractivity contribution < 1.29 is 19.4 Å².